The monoisotopic (exact) mass is 513 g/mol. The molecular weight excluding hydrogens is 474 g/mol. The Morgan fingerprint density at radius 2 is 1.61 bits per heavy atom. The first-order valence-electron chi connectivity index (χ1n) is 13.4. The lowest BCUT2D eigenvalue weighted by Crippen LogP contribution is -2.37. The van der Waals surface area contributed by atoms with Gasteiger partial charge in [0, 0.05) is 18.7 Å². The number of hydrogen-bond donors (Lipinski definition) is 0. The zero-order chi connectivity index (χ0) is 27.6. The zero-order valence-corrected chi connectivity index (χ0v) is 23.7. The van der Waals surface area contributed by atoms with Gasteiger partial charge in [0.15, 0.2) is 6.10 Å². The SMILES string of the molecule is CCOC(=O)[C@@H](OC(C)(C)C)c1c(C)c2c(c(C)c1-c1ccc(C)cc1)CN(Cc1ccccc1)C(=O)C2. The fraction of sp³-hybridized carbons (Fsp3) is 0.394. The second-order valence-corrected chi connectivity index (χ2v) is 11.1. The van der Waals surface area contributed by atoms with Crippen molar-refractivity contribution in [2.24, 2.45) is 0 Å². The fourth-order valence-electron chi connectivity index (χ4n) is 5.32. The third-order valence-corrected chi connectivity index (χ3v) is 7.14. The van der Waals surface area contributed by atoms with Crippen molar-refractivity contribution in [3.05, 3.63) is 93.5 Å². The number of rotatable bonds is 7. The molecule has 1 heterocycles. The van der Waals surface area contributed by atoms with Crippen LogP contribution < -0.4 is 0 Å². The molecule has 0 saturated carbocycles. The Labute approximate surface area is 226 Å². The number of hydrogen-bond acceptors (Lipinski definition) is 4. The largest absolute Gasteiger partial charge is 0.464 e. The van der Waals surface area contributed by atoms with Crippen molar-refractivity contribution in [2.45, 2.75) is 79.7 Å². The summed E-state index contributed by atoms with van der Waals surface area (Å²) in [5, 5.41) is 0. The topological polar surface area (TPSA) is 55.8 Å². The predicted octanol–water partition coefficient (Wildman–Crippen LogP) is 6.78. The van der Waals surface area contributed by atoms with Crippen molar-refractivity contribution in [3.8, 4) is 11.1 Å². The third kappa shape index (κ3) is 5.83. The Bertz CT molecular complexity index is 1320. The quantitative estimate of drug-likeness (QED) is 0.327. The molecule has 3 aromatic carbocycles. The number of aryl methyl sites for hydroxylation is 1. The summed E-state index contributed by atoms with van der Waals surface area (Å²) < 4.78 is 11.9. The van der Waals surface area contributed by atoms with Gasteiger partial charge in [0.2, 0.25) is 5.91 Å². The molecule has 1 aliphatic heterocycles. The molecule has 0 N–H and O–H groups in total. The average Bonchev–Trinajstić information content (AvgIpc) is 2.86. The van der Waals surface area contributed by atoms with E-state index in [1.165, 1.54) is 0 Å². The molecule has 4 rings (SSSR count). The minimum absolute atomic E-state index is 0.0855. The van der Waals surface area contributed by atoms with Crippen molar-refractivity contribution >= 4 is 11.9 Å². The normalized spacial score (nSPS) is 14.3. The van der Waals surface area contributed by atoms with Crippen LogP contribution in [0.2, 0.25) is 0 Å². The Hall–Kier alpha value is -3.44. The molecule has 1 aliphatic rings. The summed E-state index contributed by atoms with van der Waals surface area (Å²) >= 11 is 0. The number of carbonyl (C=O) groups is 2. The molecule has 1 amide bonds. The average molecular weight is 514 g/mol. The number of benzene rings is 3. The van der Waals surface area contributed by atoms with E-state index >= 15 is 0 Å². The number of fused-ring (bicyclic) bond motifs is 1. The molecule has 200 valence electrons. The van der Waals surface area contributed by atoms with Crippen LogP contribution in [0.1, 0.15) is 72.7 Å². The maximum absolute atomic E-state index is 13.4. The van der Waals surface area contributed by atoms with Crippen LogP contribution in [0.4, 0.5) is 0 Å². The lowest BCUT2D eigenvalue weighted by atomic mass is 9.80. The molecular formula is C33H39NO4. The Balaban J connectivity index is 1.92. The molecule has 0 saturated heterocycles. The summed E-state index contributed by atoms with van der Waals surface area (Å²) in [6.07, 6.45) is -0.617. The van der Waals surface area contributed by atoms with Gasteiger partial charge in [-0.25, -0.2) is 4.79 Å². The van der Waals surface area contributed by atoms with E-state index < -0.39 is 17.7 Å². The number of ether oxygens (including phenoxy) is 2. The summed E-state index contributed by atoms with van der Waals surface area (Å²) in [5.41, 5.74) is 8.63. The number of nitrogens with zero attached hydrogens (tertiary/aromatic N) is 1. The van der Waals surface area contributed by atoms with Crippen LogP contribution in [0.25, 0.3) is 11.1 Å². The summed E-state index contributed by atoms with van der Waals surface area (Å²) in [7, 11) is 0. The summed E-state index contributed by atoms with van der Waals surface area (Å²) in [6, 6.07) is 18.5. The number of esters is 1. The van der Waals surface area contributed by atoms with E-state index in [2.05, 4.69) is 50.2 Å². The first-order valence-corrected chi connectivity index (χ1v) is 13.4. The number of carbonyl (C=O) groups excluding carboxylic acids is 2. The first kappa shape index (κ1) is 27.6. The highest BCUT2D eigenvalue weighted by Crippen LogP contribution is 2.43. The van der Waals surface area contributed by atoms with E-state index in [-0.39, 0.29) is 12.5 Å². The maximum Gasteiger partial charge on any atom is 0.339 e. The molecule has 0 spiro atoms. The molecule has 0 aromatic heterocycles. The minimum atomic E-state index is -0.910. The van der Waals surface area contributed by atoms with E-state index in [1.807, 2.05) is 50.8 Å². The van der Waals surface area contributed by atoms with E-state index in [4.69, 9.17) is 9.47 Å². The molecule has 0 radical (unpaired) electrons. The van der Waals surface area contributed by atoms with E-state index in [9.17, 15) is 9.59 Å². The van der Waals surface area contributed by atoms with Gasteiger partial charge in [0.25, 0.3) is 0 Å². The van der Waals surface area contributed by atoms with Gasteiger partial charge in [-0.05, 0) is 87.4 Å². The van der Waals surface area contributed by atoms with Gasteiger partial charge in [0.05, 0.1) is 18.6 Å². The molecule has 5 heteroatoms. The van der Waals surface area contributed by atoms with E-state index in [0.29, 0.717) is 19.5 Å². The number of amides is 1. The van der Waals surface area contributed by atoms with Crippen LogP contribution in [0.3, 0.4) is 0 Å². The van der Waals surface area contributed by atoms with Crippen LogP contribution in [-0.4, -0.2) is 29.0 Å². The van der Waals surface area contributed by atoms with Crippen LogP contribution in [0.5, 0.6) is 0 Å². The van der Waals surface area contributed by atoms with Crippen molar-refractivity contribution in [1.29, 1.82) is 0 Å². The Kier molecular flexibility index (Phi) is 8.08. The molecule has 0 bridgehead atoms. The molecule has 5 nitrogen and oxygen atoms in total. The van der Waals surface area contributed by atoms with Crippen LogP contribution >= 0.6 is 0 Å². The molecule has 3 aromatic rings. The predicted molar refractivity (Wildman–Crippen MR) is 151 cm³/mol. The van der Waals surface area contributed by atoms with Crippen molar-refractivity contribution in [2.75, 3.05) is 6.61 Å². The fourth-order valence-corrected chi connectivity index (χ4v) is 5.32. The van der Waals surface area contributed by atoms with Crippen LogP contribution in [0.15, 0.2) is 54.6 Å². The minimum Gasteiger partial charge on any atom is -0.464 e. The van der Waals surface area contributed by atoms with Crippen molar-refractivity contribution in [1.82, 2.24) is 4.90 Å². The van der Waals surface area contributed by atoms with Crippen molar-refractivity contribution in [3.63, 3.8) is 0 Å². The highest BCUT2D eigenvalue weighted by Gasteiger charge is 2.36. The third-order valence-electron chi connectivity index (χ3n) is 7.14. The second kappa shape index (κ2) is 11.1. The highest BCUT2D eigenvalue weighted by atomic mass is 16.6. The maximum atomic E-state index is 13.4. The summed E-state index contributed by atoms with van der Waals surface area (Å²) in [5.74, 6) is -0.326. The van der Waals surface area contributed by atoms with Gasteiger partial charge in [0.1, 0.15) is 0 Å². The lowest BCUT2D eigenvalue weighted by Gasteiger charge is -2.35. The van der Waals surface area contributed by atoms with Gasteiger partial charge in [-0.3, -0.25) is 4.79 Å². The molecule has 1 atom stereocenters. The summed E-state index contributed by atoms with van der Waals surface area (Å²) in [4.78, 5) is 28.7. The lowest BCUT2D eigenvalue weighted by molar-refractivity contribution is -0.166. The van der Waals surface area contributed by atoms with E-state index in [1.54, 1.807) is 6.92 Å². The van der Waals surface area contributed by atoms with Gasteiger partial charge in [-0.2, -0.15) is 0 Å². The Morgan fingerprint density at radius 3 is 2.21 bits per heavy atom. The summed E-state index contributed by atoms with van der Waals surface area (Å²) in [6.45, 7) is 15.2. The molecule has 0 fully saturated rings. The van der Waals surface area contributed by atoms with Gasteiger partial charge >= 0.3 is 5.97 Å². The van der Waals surface area contributed by atoms with Gasteiger partial charge < -0.3 is 14.4 Å². The molecule has 0 aliphatic carbocycles. The highest BCUT2D eigenvalue weighted by molar-refractivity contribution is 5.88. The van der Waals surface area contributed by atoms with E-state index in [0.717, 1.165) is 50.1 Å². The first-order chi connectivity index (χ1) is 18.0. The molecule has 38 heavy (non-hydrogen) atoms. The van der Waals surface area contributed by atoms with Gasteiger partial charge in [-0.15, -0.1) is 0 Å². The van der Waals surface area contributed by atoms with Crippen molar-refractivity contribution < 1.29 is 19.1 Å². The van der Waals surface area contributed by atoms with Crippen LogP contribution in [0, 0.1) is 20.8 Å². The van der Waals surface area contributed by atoms with Crippen LogP contribution in [-0.2, 0) is 38.6 Å². The standard InChI is InChI=1S/C33H39NO4/c1-8-37-32(36)31(38-33(5,6)7)30-22(3)26-18-28(35)34(19-24-12-10-9-11-13-24)20-27(26)23(4)29(30)25-16-14-21(2)15-17-25/h9-17,31H,8,18-20H2,1-7H3/t31-/m0/s1. The smallest absolute Gasteiger partial charge is 0.339 e. The Morgan fingerprint density at radius 1 is 0.947 bits per heavy atom. The van der Waals surface area contributed by atoms with Gasteiger partial charge in [-0.1, -0.05) is 60.2 Å². The zero-order valence-electron chi connectivity index (χ0n) is 23.7. The second-order valence-electron chi connectivity index (χ2n) is 11.1. The molecule has 0 unspecified atom stereocenters.